The Balaban J connectivity index is 1.88. The van der Waals surface area contributed by atoms with Gasteiger partial charge in [0.05, 0.1) is 22.6 Å². The van der Waals surface area contributed by atoms with Crippen molar-refractivity contribution in [1.82, 2.24) is 14.8 Å². The molecule has 3 rings (SSSR count). The maximum atomic E-state index is 5.54. The van der Waals surface area contributed by atoms with Gasteiger partial charge in [0.15, 0.2) is 0 Å². The molecule has 19 heavy (non-hydrogen) atoms. The Labute approximate surface area is 115 Å². The van der Waals surface area contributed by atoms with Crippen LogP contribution in [0, 0.1) is 0 Å². The largest absolute Gasteiger partial charge is 0.330 e. The van der Waals surface area contributed by atoms with Crippen molar-refractivity contribution in [2.75, 3.05) is 6.54 Å². The first-order chi connectivity index (χ1) is 9.36. The molecular weight excluding hydrogens is 256 g/mol. The number of rotatable bonds is 4. The molecule has 0 aliphatic heterocycles. The molecule has 96 valence electrons. The van der Waals surface area contributed by atoms with E-state index in [4.69, 9.17) is 5.73 Å². The van der Waals surface area contributed by atoms with Gasteiger partial charge < -0.3 is 5.73 Å². The minimum absolute atomic E-state index is 0.635. The van der Waals surface area contributed by atoms with E-state index in [-0.39, 0.29) is 0 Å². The maximum absolute atomic E-state index is 5.54. The van der Waals surface area contributed by atoms with Gasteiger partial charge in [0.25, 0.3) is 0 Å². The molecule has 2 heterocycles. The van der Waals surface area contributed by atoms with Gasteiger partial charge in [0.2, 0.25) is 0 Å². The molecule has 0 atom stereocenters. The van der Waals surface area contributed by atoms with Crippen molar-refractivity contribution in [1.29, 1.82) is 0 Å². The van der Waals surface area contributed by atoms with Crippen LogP contribution in [0.15, 0.2) is 48.1 Å². The number of thiazole rings is 1. The first kappa shape index (κ1) is 12.1. The predicted octanol–water partition coefficient (Wildman–Crippen LogP) is 2.50. The highest BCUT2D eigenvalue weighted by atomic mass is 32.1. The van der Waals surface area contributed by atoms with Crippen molar-refractivity contribution >= 4 is 11.3 Å². The first-order valence-corrected chi connectivity index (χ1v) is 7.00. The lowest BCUT2D eigenvalue weighted by Gasteiger charge is -1.98. The lowest BCUT2D eigenvalue weighted by atomic mass is 10.3. The lowest BCUT2D eigenvalue weighted by molar-refractivity contribution is 0.880. The van der Waals surface area contributed by atoms with E-state index in [1.165, 1.54) is 0 Å². The van der Waals surface area contributed by atoms with Crippen molar-refractivity contribution < 1.29 is 0 Å². The number of nitrogens with zero attached hydrogens (tertiary/aromatic N) is 3. The van der Waals surface area contributed by atoms with E-state index in [0.29, 0.717) is 6.54 Å². The molecule has 0 aliphatic rings. The lowest BCUT2D eigenvalue weighted by Crippen LogP contribution is -2.01. The van der Waals surface area contributed by atoms with E-state index >= 15 is 0 Å². The third kappa shape index (κ3) is 2.57. The van der Waals surface area contributed by atoms with Crippen LogP contribution in [0.2, 0.25) is 0 Å². The molecule has 0 aliphatic carbocycles. The van der Waals surface area contributed by atoms with Gasteiger partial charge in [-0.1, -0.05) is 18.2 Å². The monoisotopic (exact) mass is 270 g/mol. The zero-order valence-electron chi connectivity index (χ0n) is 10.4. The van der Waals surface area contributed by atoms with Gasteiger partial charge in [0.1, 0.15) is 0 Å². The molecule has 0 spiro atoms. The molecule has 0 saturated carbocycles. The van der Waals surface area contributed by atoms with Gasteiger partial charge in [0, 0.05) is 23.6 Å². The standard InChI is InChI=1S/C14H14N4S/c15-7-6-14-17-13(10-19-14)11-8-16-18(9-11)12-4-2-1-3-5-12/h1-5,8-10H,6-7,15H2. The quantitative estimate of drug-likeness (QED) is 0.792. The smallest absolute Gasteiger partial charge is 0.0945 e. The molecule has 0 amide bonds. The van der Waals surface area contributed by atoms with E-state index < -0.39 is 0 Å². The number of benzene rings is 1. The minimum atomic E-state index is 0.635. The van der Waals surface area contributed by atoms with E-state index in [1.807, 2.05) is 47.4 Å². The Bertz CT molecular complexity index is 657. The van der Waals surface area contributed by atoms with E-state index in [2.05, 4.69) is 15.5 Å². The van der Waals surface area contributed by atoms with Gasteiger partial charge >= 0.3 is 0 Å². The highest BCUT2D eigenvalue weighted by molar-refractivity contribution is 7.09. The summed E-state index contributed by atoms with van der Waals surface area (Å²) in [5.74, 6) is 0. The second-order valence-corrected chi connectivity index (χ2v) is 5.12. The Hall–Kier alpha value is -1.98. The molecular formula is C14H14N4S. The molecule has 0 unspecified atom stereocenters. The van der Waals surface area contributed by atoms with Gasteiger partial charge in [-0.3, -0.25) is 0 Å². The van der Waals surface area contributed by atoms with Crippen molar-refractivity contribution in [2.24, 2.45) is 5.73 Å². The van der Waals surface area contributed by atoms with Crippen LogP contribution >= 0.6 is 11.3 Å². The van der Waals surface area contributed by atoms with E-state index in [1.54, 1.807) is 11.3 Å². The second kappa shape index (κ2) is 5.34. The summed E-state index contributed by atoms with van der Waals surface area (Å²) in [5.41, 5.74) is 8.59. The fourth-order valence-corrected chi connectivity index (χ4v) is 2.68. The molecule has 4 nitrogen and oxygen atoms in total. The number of nitrogens with two attached hydrogens (primary N) is 1. The first-order valence-electron chi connectivity index (χ1n) is 6.12. The molecule has 3 aromatic rings. The number of para-hydroxylation sites is 1. The molecule has 2 aromatic heterocycles. The molecule has 0 radical (unpaired) electrons. The molecule has 5 heteroatoms. The van der Waals surface area contributed by atoms with Gasteiger partial charge in [-0.2, -0.15) is 5.10 Å². The summed E-state index contributed by atoms with van der Waals surface area (Å²) in [6, 6.07) is 10.0. The fraction of sp³-hybridized carbons (Fsp3) is 0.143. The third-order valence-corrected chi connectivity index (χ3v) is 3.72. The maximum Gasteiger partial charge on any atom is 0.0945 e. The van der Waals surface area contributed by atoms with Crippen LogP contribution in [-0.2, 0) is 6.42 Å². The molecule has 2 N–H and O–H groups in total. The second-order valence-electron chi connectivity index (χ2n) is 4.17. The summed E-state index contributed by atoms with van der Waals surface area (Å²) >= 11 is 1.65. The topological polar surface area (TPSA) is 56.7 Å². The van der Waals surface area contributed by atoms with Crippen LogP contribution in [0.4, 0.5) is 0 Å². The molecule has 1 aromatic carbocycles. The molecule has 0 fully saturated rings. The minimum Gasteiger partial charge on any atom is -0.330 e. The summed E-state index contributed by atoms with van der Waals surface area (Å²) in [7, 11) is 0. The van der Waals surface area contributed by atoms with Gasteiger partial charge in [-0.15, -0.1) is 11.3 Å². The van der Waals surface area contributed by atoms with Crippen LogP contribution in [0.3, 0.4) is 0 Å². The summed E-state index contributed by atoms with van der Waals surface area (Å²) < 4.78 is 1.86. The third-order valence-electron chi connectivity index (χ3n) is 2.81. The predicted molar refractivity (Wildman–Crippen MR) is 77.4 cm³/mol. The Morgan fingerprint density at radius 2 is 2.05 bits per heavy atom. The molecule has 0 saturated heterocycles. The number of aromatic nitrogens is 3. The fourth-order valence-electron chi connectivity index (χ4n) is 1.86. The van der Waals surface area contributed by atoms with Crippen molar-refractivity contribution in [3.63, 3.8) is 0 Å². The summed E-state index contributed by atoms with van der Waals surface area (Å²) in [6.07, 6.45) is 4.67. The van der Waals surface area contributed by atoms with Crippen molar-refractivity contribution in [2.45, 2.75) is 6.42 Å². The highest BCUT2D eigenvalue weighted by Gasteiger charge is 2.07. The van der Waals surface area contributed by atoms with Crippen LogP contribution in [0.25, 0.3) is 16.9 Å². The Morgan fingerprint density at radius 3 is 2.84 bits per heavy atom. The summed E-state index contributed by atoms with van der Waals surface area (Å²) in [4.78, 5) is 4.56. The number of hydrogen-bond donors (Lipinski definition) is 1. The van der Waals surface area contributed by atoms with Crippen LogP contribution in [0.5, 0.6) is 0 Å². The molecule has 0 bridgehead atoms. The number of hydrogen-bond acceptors (Lipinski definition) is 4. The van der Waals surface area contributed by atoms with Crippen molar-refractivity contribution in [3.05, 3.63) is 53.1 Å². The Morgan fingerprint density at radius 1 is 1.21 bits per heavy atom. The van der Waals surface area contributed by atoms with Gasteiger partial charge in [-0.05, 0) is 18.7 Å². The van der Waals surface area contributed by atoms with E-state index in [9.17, 15) is 0 Å². The zero-order chi connectivity index (χ0) is 13.1. The SMILES string of the molecule is NCCc1nc(-c2cnn(-c3ccccc3)c2)cs1. The normalized spacial score (nSPS) is 10.8. The zero-order valence-corrected chi connectivity index (χ0v) is 11.2. The van der Waals surface area contributed by atoms with Crippen molar-refractivity contribution in [3.8, 4) is 16.9 Å². The van der Waals surface area contributed by atoms with Crippen LogP contribution in [0.1, 0.15) is 5.01 Å². The Kier molecular flexibility index (Phi) is 3.39. The highest BCUT2D eigenvalue weighted by Crippen LogP contribution is 2.22. The average molecular weight is 270 g/mol. The van der Waals surface area contributed by atoms with Crippen LogP contribution in [-0.4, -0.2) is 21.3 Å². The average Bonchev–Trinajstić information content (AvgIpc) is 3.08. The summed E-state index contributed by atoms with van der Waals surface area (Å²) in [6.45, 7) is 0.635. The van der Waals surface area contributed by atoms with Crippen LogP contribution < -0.4 is 5.73 Å². The van der Waals surface area contributed by atoms with E-state index in [0.717, 1.165) is 28.4 Å². The summed E-state index contributed by atoms with van der Waals surface area (Å²) in [5, 5.41) is 7.50. The van der Waals surface area contributed by atoms with Gasteiger partial charge in [-0.25, -0.2) is 9.67 Å².